The third kappa shape index (κ3) is 6.85. The highest BCUT2D eigenvalue weighted by Gasteiger charge is 2.22. The van der Waals surface area contributed by atoms with E-state index in [1.807, 2.05) is 0 Å². The Morgan fingerprint density at radius 1 is 1.10 bits per heavy atom. The lowest BCUT2D eigenvalue weighted by Crippen LogP contribution is -2.41. The van der Waals surface area contributed by atoms with E-state index in [0.717, 1.165) is 0 Å². The molecule has 0 aromatic carbocycles. The molecule has 0 saturated carbocycles. The van der Waals surface area contributed by atoms with E-state index in [2.05, 4.69) is 26.0 Å². The molecule has 0 bridgehead atoms. The number of hydrazine groups is 1. The van der Waals surface area contributed by atoms with Gasteiger partial charge < -0.3 is 20.8 Å². The zero-order valence-electron chi connectivity index (χ0n) is 16.1. The van der Waals surface area contributed by atoms with Crippen molar-refractivity contribution in [2.24, 2.45) is 5.84 Å². The molecule has 2 heterocycles. The van der Waals surface area contributed by atoms with Gasteiger partial charge in [-0.2, -0.15) is 0 Å². The lowest BCUT2D eigenvalue weighted by atomic mass is 10.1. The number of esters is 1. The molecule has 1 unspecified atom stereocenters. The minimum absolute atomic E-state index is 0.209. The largest absolute Gasteiger partial charge is 0.467 e. The van der Waals surface area contributed by atoms with Gasteiger partial charge in [0.1, 0.15) is 11.9 Å². The van der Waals surface area contributed by atoms with E-state index in [0.29, 0.717) is 42.8 Å². The number of carbonyl (C=O) groups excluding carboxylic acids is 3. The fourth-order valence-corrected chi connectivity index (χ4v) is 2.52. The summed E-state index contributed by atoms with van der Waals surface area (Å²) in [5.41, 5.74) is 3.15. The van der Waals surface area contributed by atoms with Crippen LogP contribution in [0.4, 0.5) is 5.82 Å². The quantitative estimate of drug-likeness (QED) is 0.196. The van der Waals surface area contributed by atoms with Crippen LogP contribution >= 0.6 is 0 Å². The second kappa shape index (κ2) is 11.3. The van der Waals surface area contributed by atoms with E-state index in [4.69, 9.17) is 10.6 Å². The van der Waals surface area contributed by atoms with Gasteiger partial charge in [0.05, 0.1) is 18.2 Å². The van der Waals surface area contributed by atoms with Gasteiger partial charge in [-0.1, -0.05) is 0 Å². The summed E-state index contributed by atoms with van der Waals surface area (Å²) < 4.78 is 4.77. The second-order valence-corrected chi connectivity index (χ2v) is 6.12. The molecular weight excluding hydrogens is 376 g/mol. The molecule has 154 valence electrons. The Kier molecular flexibility index (Phi) is 8.51. The summed E-state index contributed by atoms with van der Waals surface area (Å²) in [4.78, 5) is 44.1. The minimum atomic E-state index is -0.797. The minimum Gasteiger partial charge on any atom is -0.467 e. The standard InChI is InChI=1S/C19H24N6O4/c1-29-19(28)15(24-18(27)14-7-8-16(25-20)23-12-14)6-2-3-10-22-17(26)13-5-4-9-21-11-13/h4-5,7-9,11-12,15H,2-3,6,10,20H2,1H3,(H,22,26)(H,23,25)(H,24,27). The summed E-state index contributed by atoms with van der Waals surface area (Å²) in [5.74, 6) is 4.47. The maximum atomic E-state index is 12.3. The Morgan fingerprint density at radius 2 is 1.90 bits per heavy atom. The van der Waals surface area contributed by atoms with Gasteiger partial charge in [-0.15, -0.1) is 0 Å². The van der Waals surface area contributed by atoms with E-state index >= 15 is 0 Å². The first-order valence-corrected chi connectivity index (χ1v) is 9.04. The molecule has 0 aliphatic heterocycles. The Hall–Kier alpha value is -3.53. The summed E-state index contributed by atoms with van der Waals surface area (Å²) in [7, 11) is 1.26. The van der Waals surface area contributed by atoms with Crippen LogP contribution in [0.5, 0.6) is 0 Å². The van der Waals surface area contributed by atoms with Crippen LogP contribution in [0.3, 0.4) is 0 Å². The summed E-state index contributed by atoms with van der Waals surface area (Å²) >= 11 is 0. The predicted molar refractivity (Wildman–Crippen MR) is 106 cm³/mol. The first kappa shape index (κ1) is 21.8. The average molecular weight is 400 g/mol. The molecule has 5 N–H and O–H groups in total. The van der Waals surface area contributed by atoms with Crippen molar-refractivity contribution in [3.63, 3.8) is 0 Å². The molecule has 0 saturated heterocycles. The Morgan fingerprint density at radius 3 is 2.52 bits per heavy atom. The summed E-state index contributed by atoms with van der Waals surface area (Å²) in [6.45, 7) is 0.438. The van der Waals surface area contributed by atoms with Crippen molar-refractivity contribution in [3.05, 3.63) is 54.0 Å². The van der Waals surface area contributed by atoms with Gasteiger partial charge in [0.2, 0.25) is 0 Å². The summed E-state index contributed by atoms with van der Waals surface area (Å²) in [6, 6.07) is 5.66. The number of hydrogen-bond donors (Lipinski definition) is 4. The first-order chi connectivity index (χ1) is 14.0. The van der Waals surface area contributed by atoms with Gasteiger partial charge in [-0.05, 0) is 43.5 Å². The van der Waals surface area contributed by atoms with Crippen LogP contribution in [0, 0.1) is 0 Å². The van der Waals surface area contributed by atoms with Crippen molar-refractivity contribution in [1.82, 2.24) is 20.6 Å². The molecule has 1 atom stereocenters. The van der Waals surface area contributed by atoms with Crippen LogP contribution in [-0.2, 0) is 9.53 Å². The maximum Gasteiger partial charge on any atom is 0.328 e. The van der Waals surface area contributed by atoms with Crippen molar-refractivity contribution < 1.29 is 19.1 Å². The third-order valence-corrected chi connectivity index (χ3v) is 4.09. The van der Waals surface area contributed by atoms with Crippen LogP contribution in [0.2, 0.25) is 0 Å². The van der Waals surface area contributed by atoms with E-state index in [1.165, 1.54) is 19.5 Å². The number of nitrogens with one attached hydrogen (secondary N) is 3. The van der Waals surface area contributed by atoms with Crippen LogP contribution in [0.25, 0.3) is 0 Å². The van der Waals surface area contributed by atoms with Crippen molar-refractivity contribution >= 4 is 23.6 Å². The molecule has 2 rings (SSSR count). The molecule has 29 heavy (non-hydrogen) atoms. The zero-order chi connectivity index (χ0) is 21.1. The fraction of sp³-hybridized carbons (Fsp3) is 0.316. The van der Waals surface area contributed by atoms with Crippen LogP contribution in [-0.4, -0.2) is 47.4 Å². The number of carbonyl (C=O) groups is 3. The highest BCUT2D eigenvalue weighted by atomic mass is 16.5. The predicted octanol–water partition coefficient (Wildman–Crippen LogP) is 0.634. The van der Waals surface area contributed by atoms with E-state index in [-0.39, 0.29) is 5.91 Å². The normalized spacial score (nSPS) is 11.2. The number of nitrogens with two attached hydrogens (primary N) is 1. The average Bonchev–Trinajstić information content (AvgIpc) is 2.77. The van der Waals surface area contributed by atoms with E-state index in [1.54, 1.807) is 30.5 Å². The number of aromatic nitrogens is 2. The van der Waals surface area contributed by atoms with Crippen molar-refractivity contribution in [1.29, 1.82) is 0 Å². The van der Waals surface area contributed by atoms with Gasteiger partial charge in [-0.3, -0.25) is 14.6 Å². The maximum absolute atomic E-state index is 12.3. The van der Waals surface area contributed by atoms with Gasteiger partial charge in [0.15, 0.2) is 0 Å². The number of ether oxygens (including phenoxy) is 1. The van der Waals surface area contributed by atoms with Crippen LogP contribution in [0.15, 0.2) is 42.9 Å². The number of unbranched alkanes of at least 4 members (excludes halogenated alkanes) is 1. The molecular formula is C19H24N6O4. The topological polar surface area (TPSA) is 148 Å². The molecule has 0 fully saturated rings. The number of rotatable bonds is 10. The Balaban J connectivity index is 1.80. The number of nitrogen functional groups attached to an aromatic ring is 1. The number of methoxy groups -OCH3 is 1. The van der Waals surface area contributed by atoms with Gasteiger partial charge in [0.25, 0.3) is 11.8 Å². The number of hydrogen-bond acceptors (Lipinski definition) is 8. The molecule has 2 aromatic rings. The summed E-state index contributed by atoms with van der Waals surface area (Å²) in [5, 5.41) is 5.43. The summed E-state index contributed by atoms with van der Waals surface area (Å²) in [6.07, 6.45) is 6.04. The van der Waals surface area contributed by atoms with E-state index < -0.39 is 17.9 Å². The molecule has 0 aliphatic rings. The molecule has 0 aliphatic carbocycles. The molecule has 10 heteroatoms. The van der Waals surface area contributed by atoms with Gasteiger partial charge >= 0.3 is 5.97 Å². The second-order valence-electron chi connectivity index (χ2n) is 6.12. The smallest absolute Gasteiger partial charge is 0.328 e. The van der Waals surface area contributed by atoms with Gasteiger partial charge in [-0.25, -0.2) is 15.6 Å². The molecule has 10 nitrogen and oxygen atoms in total. The Bertz CT molecular complexity index is 813. The van der Waals surface area contributed by atoms with Gasteiger partial charge in [0, 0.05) is 25.1 Å². The number of nitrogens with zero attached hydrogens (tertiary/aromatic N) is 2. The SMILES string of the molecule is COC(=O)C(CCCCNC(=O)c1cccnc1)NC(=O)c1ccc(NN)nc1. The fourth-order valence-electron chi connectivity index (χ4n) is 2.52. The highest BCUT2D eigenvalue weighted by molar-refractivity contribution is 5.96. The first-order valence-electron chi connectivity index (χ1n) is 9.04. The third-order valence-electron chi connectivity index (χ3n) is 4.09. The molecule has 2 amide bonds. The molecule has 0 radical (unpaired) electrons. The molecule has 0 spiro atoms. The highest BCUT2D eigenvalue weighted by Crippen LogP contribution is 2.07. The van der Waals surface area contributed by atoms with Crippen LogP contribution < -0.4 is 21.9 Å². The van der Waals surface area contributed by atoms with Crippen LogP contribution in [0.1, 0.15) is 40.0 Å². The molecule has 2 aromatic heterocycles. The van der Waals surface area contributed by atoms with Crippen molar-refractivity contribution in [2.45, 2.75) is 25.3 Å². The van der Waals surface area contributed by atoms with E-state index in [9.17, 15) is 14.4 Å². The number of anilines is 1. The van der Waals surface area contributed by atoms with Crippen molar-refractivity contribution in [3.8, 4) is 0 Å². The monoisotopic (exact) mass is 400 g/mol. The zero-order valence-corrected chi connectivity index (χ0v) is 16.1. The van der Waals surface area contributed by atoms with Crippen molar-refractivity contribution in [2.75, 3.05) is 19.1 Å². The lowest BCUT2D eigenvalue weighted by Gasteiger charge is -2.16. The Labute approximate surface area is 168 Å². The number of pyridine rings is 2. The lowest BCUT2D eigenvalue weighted by molar-refractivity contribution is -0.143. The number of amides is 2.